The van der Waals surface area contributed by atoms with Crippen LogP contribution in [0.15, 0.2) is 0 Å². The second-order valence-electron chi connectivity index (χ2n) is 4.04. The predicted molar refractivity (Wildman–Crippen MR) is 60.7 cm³/mol. The molecule has 1 aliphatic heterocycles. The van der Waals surface area contributed by atoms with E-state index in [9.17, 15) is 8.42 Å². The molecule has 1 rings (SSSR count). The molecule has 0 aromatic carbocycles. The van der Waals surface area contributed by atoms with Gasteiger partial charge >= 0.3 is 0 Å². The van der Waals surface area contributed by atoms with Gasteiger partial charge in [0.1, 0.15) is 9.84 Å². The quantitative estimate of drug-likeness (QED) is 0.751. The summed E-state index contributed by atoms with van der Waals surface area (Å²) in [5.74, 6) is 0.866. The maximum absolute atomic E-state index is 11.4. The van der Waals surface area contributed by atoms with Crippen LogP contribution in [-0.2, 0) is 14.6 Å². The summed E-state index contributed by atoms with van der Waals surface area (Å²) in [4.78, 5) is 0. The van der Waals surface area contributed by atoms with Crippen molar-refractivity contribution in [2.75, 3.05) is 31.8 Å². The van der Waals surface area contributed by atoms with Crippen LogP contribution in [0.2, 0.25) is 0 Å². The molecule has 1 saturated heterocycles. The Kier molecular flexibility index (Phi) is 5.02. The molecule has 15 heavy (non-hydrogen) atoms. The zero-order valence-corrected chi connectivity index (χ0v) is 10.3. The summed E-state index contributed by atoms with van der Waals surface area (Å²) in [7, 11) is -0.906. The highest BCUT2D eigenvalue weighted by molar-refractivity contribution is 7.91. The Morgan fingerprint density at radius 3 is 2.80 bits per heavy atom. The molecule has 2 unspecified atom stereocenters. The van der Waals surface area contributed by atoms with Gasteiger partial charge in [0, 0.05) is 18.4 Å². The monoisotopic (exact) mass is 235 g/mol. The largest absolute Gasteiger partial charge is 0.381 e. The van der Waals surface area contributed by atoms with Gasteiger partial charge in [-0.2, -0.15) is 0 Å². The SMILES string of the molecule is CCS(=O)(=O)CCC1COCCC1NC. The number of nitrogens with one attached hydrogen (secondary N) is 1. The van der Waals surface area contributed by atoms with E-state index in [0.29, 0.717) is 25.0 Å². The van der Waals surface area contributed by atoms with E-state index in [4.69, 9.17) is 4.74 Å². The molecule has 1 fully saturated rings. The van der Waals surface area contributed by atoms with Crippen molar-refractivity contribution < 1.29 is 13.2 Å². The van der Waals surface area contributed by atoms with Gasteiger partial charge < -0.3 is 10.1 Å². The lowest BCUT2D eigenvalue weighted by atomic mass is 9.93. The lowest BCUT2D eigenvalue weighted by molar-refractivity contribution is 0.0330. The predicted octanol–water partition coefficient (Wildman–Crippen LogP) is 0.436. The molecule has 0 aromatic heterocycles. The average molecular weight is 235 g/mol. The summed E-state index contributed by atoms with van der Waals surface area (Å²) in [6.07, 6.45) is 1.69. The Hall–Kier alpha value is -0.130. The van der Waals surface area contributed by atoms with Crippen LogP contribution in [0, 0.1) is 5.92 Å². The van der Waals surface area contributed by atoms with Crippen LogP contribution in [0.5, 0.6) is 0 Å². The van der Waals surface area contributed by atoms with Crippen molar-refractivity contribution in [3.8, 4) is 0 Å². The maximum atomic E-state index is 11.4. The molecule has 0 spiro atoms. The Bertz CT molecular complexity index is 276. The van der Waals surface area contributed by atoms with Crippen LogP contribution in [0.1, 0.15) is 19.8 Å². The van der Waals surface area contributed by atoms with Crippen LogP contribution in [0.3, 0.4) is 0 Å². The van der Waals surface area contributed by atoms with Crippen LogP contribution in [-0.4, -0.2) is 46.2 Å². The third-order valence-electron chi connectivity index (χ3n) is 3.08. The van der Waals surface area contributed by atoms with Crippen LogP contribution >= 0.6 is 0 Å². The van der Waals surface area contributed by atoms with Gasteiger partial charge in [0.05, 0.1) is 12.4 Å². The molecule has 0 radical (unpaired) electrons. The first-order chi connectivity index (χ1) is 7.09. The lowest BCUT2D eigenvalue weighted by Gasteiger charge is -2.31. The number of hydrogen-bond acceptors (Lipinski definition) is 4. The van der Waals surface area contributed by atoms with Crippen LogP contribution in [0.4, 0.5) is 0 Å². The smallest absolute Gasteiger partial charge is 0.150 e. The summed E-state index contributed by atoms with van der Waals surface area (Å²) in [6.45, 7) is 3.16. The Balaban J connectivity index is 2.42. The van der Waals surface area contributed by atoms with Gasteiger partial charge in [0.25, 0.3) is 0 Å². The topological polar surface area (TPSA) is 55.4 Å². The van der Waals surface area contributed by atoms with Gasteiger partial charge in [0.15, 0.2) is 0 Å². The second-order valence-corrected chi connectivity index (χ2v) is 6.52. The van der Waals surface area contributed by atoms with Gasteiger partial charge in [-0.25, -0.2) is 8.42 Å². The average Bonchev–Trinajstić information content (AvgIpc) is 2.27. The number of ether oxygens (including phenoxy) is 1. The van der Waals surface area contributed by atoms with Crippen molar-refractivity contribution in [2.45, 2.75) is 25.8 Å². The summed E-state index contributed by atoms with van der Waals surface area (Å²) >= 11 is 0. The summed E-state index contributed by atoms with van der Waals surface area (Å²) in [5, 5.41) is 3.23. The van der Waals surface area contributed by atoms with Gasteiger partial charge in [0.2, 0.25) is 0 Å². The van der Waals surface area contributed by atoms with E-state index in [0.717, 1.165) is 13.0 Å². The van der Waals surface area contributed by atoms with E-state index in [1.54, 1.807) is 6.92 Å². The van der Waals surface area contributed by atoms with Crippen LogP contribution < -0.4 is 5.32 Å². The molecule has 1 heterocycles. The minimum absolute atomic E-state index is 0.241. The Labute approximate surface area is 92.3 Å². The molecule has 0 saturated carbocycles. The van der Waals surface area contributed by atoms with Crippen molar-refractivity contribution in [2.24, 2.45) is 5.92 Å². The maximum Gasteiger partial charge on any atom is 0.150 e. The van der Waals surface area contributed by atoms with Crippen molar-refractivity contribution in [3.05, 3.63) is 0 Å². The lowest BCUT2D eigenvalue weighted by Crippen LogP contribution is -2.41. The zero-order valence-electron chi connectivity index (χ0n) is 9.53. The number of sulfone groups is 1. The molecule has 4 nitrogen and oxygen atoms in total. The third kappa shape index (κ3) is 4.09. The number of hydrogen-bond donors (Lipinski definition) is 1. The van der Waals surface area contributed by atoms with Crippen molar-refractivity contribution in [1.29, 1.82) is 0 Å². The van der Waals surface area contributed by atoms with E-state index in [2.05, 4.69) is 5.32 Å². The summed E-state index contributed by atoms with van der Waals surface area (Å²) in [6, 6.07) is 0.408. The fraction of sp³-hybridized carbons (Fsp3) is 1.00. The Morgan fingerprint density at radius 2 is 2.20 bits per heavy atom. The van der Waals surface area contributed by atoms with Gasteiger partial charge in [-0.05, 0) is 25.8 Å². The van der Waals surface area contributed by atoms with Crippen molar-refractivity contribution in [1.82, 2.24) is 5.32 Å². The molecule has 0 amide bonds. The first-order valence-corrected chi connectivity index (χ1v) is 7.36. The van der Waals surface area contributed by atoms with Crippen molar-refractivity contribution >= 4 is 9.84 Å². The van der Waals surface area contributed by atoms with E-state index in [1.807, 2.05) is 7.05 Å². The molecular weight excluding hydrogens is 214 g/mol. The van der Waals surface area contributed by atoms with E-state index >= 15 is 0 Å². The minimum Gasteiger partial charge on any atom is -0.381 e. The molecule has 2 atom stereocenters. The molecule has 1 aliphatic rings. The normalized spacial score (nSPS) is 27.9. The van der Waals surface area contributed by atoms with E-state index in [-0.39, 0.29) is 11.5 Å². The standard InChI is InChI=1S/C10H21NO3S/c1-3-15(12,13)7-5-9-8-14-6-4-10(9)11-2/h9-11H,3-8H2,1-2H3. The minimum atomic E-state index is -2.83. The highest BCUT2D eigenvalue weighted by atomic mass is 32.2. The first-order valence-electron chi connectivity index (χ1n) is 5.54. The number of rotatable bonds is 5. The van der Waals surface area contributed by atoms with E-state index in [1.165, 1.54) is 0 Å². The van der Waals surface area contributed by atoms with Crippen molar-refractivity contribution in [3.63, 3.8) is 0 Å². The van der Waals surface area contributed by atoms with Gasteiger partial charge in [-0.3, -0.25) is 0 Å². The summed E-state index contributed by atoms with van der Waals surface area (Å²) in [5.41, 5.74) is 0. The molecule has 5 heteroatoms. The molecule has 1 N–H and O–H groups in total. The summed E-state index contributed by atoms with van der Waals surface area (Å²) < 4.78 is 28.1. The fourth-order valence-electron chi connectivity index (χ4n) is 1.94. The molecule has 0 aliphatic carbocycles. The van der Waals surface area contributed by atoms with Gasteiger partial charge in [-0.1, -0.05) is 6.92 Å². The molecular formula is C10H21NO3S. The van der Waals surface area contributed by atoms with E-state index < -0.39 is 9.84 Å². The van der Waals surface area contributed by atoms with Gasteiger partial charge in [-0.15, -0.1) is 0 Å². The molecule has 0 bridgehead atoms. The molecule has 0 aromatic rings. The Morgan fingerprint density at radius 1 is 1.47 bits per heavy atom. The highest BCUT2D eigenvalue weighted by Crippen LogP contribution is 2.18. The fourth-order valence-corrected chi connectivity index (χ4v) is 2.89. The van der Waals surface area contributed by atoms with Crippen LogP contribution in [0.25, 0.3) is 0 Å². The zero-order chi connectivity index (χ0) is 11.3. The second kappa shape index (κ2) is 5.82. The third-order valence-corrected chi connectivity index (χ3v) is 4.82. The highest BCUT2D eigenvalue weighted by Gasteiger charge is 2.25. The first kappa shape index (κ1) is 12.9. The molecule has 90 valence electrons.